The van der Waals surface area contributed by atoms with Crippen LogP contribution < -0.4 is 5.32 Å². The quantitative estimate of drug-likeness (QED) is 0.442. The molecule has 33 heavy (non-hydrogen) atoms. The number of halogens is 2. The van der Waals surface area contributed by atoms with E-state index in [1.807, 2.05) is 0 Å². The van der Waals surface area contributed by atoms with Gasteiger partial charge in [-0.1, -0.05) is 0 Å². The second-order valence-electron chi connectivity index (χ2n) is 8.06. The molecule has 1 aliphatic rings. The van der Waals surface area contributed by atoms with Crippen molar-refractivity contribution in [3.05, 3.63) is 60.6 Å². The van der Waals surface area contributed by atoms with Gasteiger partial charge in [-0.25, -0.2) is 9.50 Å². The average Bonchev–Trinajstić information content (AvgIpc) is 3.22. The molecule has 0 radical (unpaired) electrons. The molecule has 10 nitrogen and oxygen atoms in total. The van der Waals surface area contributed by atoms with Crippen LogP contribution in [0, 0.1) is 5.92 Å². The number of aryl methyl sites for hydroxylation is 1. The van der Waals surface area contributed by atoms with Gasteiger partial charge >= 0.3 is 5.92 Å². The number of rotatable bonds is 5. The third-order valence-corrected chi connectivity index (χ3v) is 5.56. The first kappa shape index (κ1) is 19.5. The number of nitrogens with zero attached hydrogens (tertiary/aromatic N) is 8. The van der Waals surface area contributed by atoms with Crippen LogP contribution in [0.3, 0.4) is 0 Å². The normalized spacial score (nSPS) is 14.3. The summed E-state index contributed by atoms with van der Waals surface area (Å²) in [6.07, 6.45) is 8.11. The van der Waals surface area contributed by atoms with E-state index in [0.717, 1.165) is 18.4 Å². The summed E-state index contributed by atoms with van der Waals surface area (Å²) in [6, 6.07) is 6.01. The molecule has 1 amide bonds. The smallest absolute Gasteiger partial charge is 0.309 e. The second kappa shape index (κ2) is 6.89. The molecular weight excluding hydrogens is 432 g/mol. The maximum atomic E-state index is 15.5. The Morgan fingerprint density at radius 3 is 2.64 bits per heavy atom. The van der Waals surface area contributed by atoms with Gasteiger partial charge in [0.1, 0.15) is 5.69 Å². The standard InChI is InChI=1S/C21H17F2N9O/c1-30-9-14(8-24-30)13-4-6-18-27-28-20(31(18)10-13)21(22,23)15-5-7-17-25-16(11-32(17)29-15)26-19(33)12-2-3-12/h4-12H,2-3H2,1H3,(H,26,33). The second-order valence-corrected chi connectivity index (χ2v) is 8.06. The van der Waals surface area contributed by atoms with E-state index in [9.17, 15) is 4.79 Å². The first-order valence-corrected chi connectivity index (χ1v) is 10.3. The predicted molar refractivity (Wildman–Crippen MR) is 113 cm³/mol. The number of imidazole rings is 1. The number of anilines is 1. The zero-order valence-corrected chi connectivity index (χ0v) is 17.4. The molecule has 0 aliphatic heterocycles. The van der Waals surface area contributed by atoms with Crippen LogP contribution in [0.1, 0.15) is 24.4 Å². The molecule has 0 saturated heterocycles. The van der Waals surface area contributed by atoms with Crippen molar-refractivity contribution in [2.45, 2.75) is 18.8 Å². The molecule has 1 fully saturated rings. The summed E-state index contributed by atoms with van der Waals surface area (Å²) in [7, 11) is 1.78. The van der Waals surface area contributed by atoms with E-state index in [-0.39, 0.29) is 23.3 Å². The van der Waals surface area contributed by atoms with Gasteiger partial charge in [0.05, 0.1) is 12.4 Å². The van der Waals surface area contributed by atoms with Gasteiger partial charge in [-0.2, -0.15) is 19.0 Å². The molecule has 1 N–H and O–H groups in total. The molecule has 0 unspecified atom stereocenters. The summed E-state index contributed by atoms with van der Waals surface area (Å²) in [5.74, 6) is -3.95. The number of pyridine rings is 1. The largest absolute Gasteiger partial charge is 0.350 e. The lowest BCUT2D eigenvalue weighted by atomic mass is 10.1. The van der Waals surface area contributed by atoms with Crippen molar-refractivity contribution in [3.63, 3.8) is 0 Å². The molecular formula is C21H17F2N9O. The Morgan fingerprint density at radius 1 is 1.06 bits per heavy atom. The van der Waals surface area contributed by atoms with Crippen molar-refractivity contribution < 1.29 is 13.6 Å². The van der Waals surface area contributed by atoms with Gasteiger partial charge in [0, 0.05) is 36.5 Å². The zero-order chi connectivity index (χ0) is 22.7. The number of hydrogen-bond acceptors (Lipinski definition) is 6. The number of amides is 1. The number of carbonyl (C=O) groups is 1. The molecule has 5 aromatic rings. The zero-order valence-electron chi connectivity index (χ0n) is 17.4. The fourth-order valence-corrected chi connectivity index (χ4v) is 3.64. The molecule has 0 bridgehead atoms. The highest BCUT2D eigenvalue weighted by Crippen LogP contribution is 2.34. The highest BCUT2D eigenvalue weighted by Gasteiger charge is 2.41. The van der Waals surface area contributed by atoms with Gasteiger partial charge in [-0.05, 0) is 37.1 Å². The summed E-state index contributed by atoms with van der Waals surface area (Å²) in [5, 5.41) is 18.5. The van der Waals surface area contributed by atoms with E-state index in [2.05, 4.69) is 30.7 Å². The van der Waals surface area contributed by atoms with Crippen molar-refractivity contribution in [3.8, 4) is 11.1 Å². The first-order valence-electron chi connectivity index (χ1n) is 10.3. The van der Waals surface area contributed by atoms with Crippen LogP contribution in [0.2, 0.25) is 0 Å². The number of fused-ring (bicyclic) bond motifs is 2. The number of alkyl halides is 2. The average molecular weight is 449 g/mol. The minimum atomic E-state index is -3.54. The van der Waals surface area contributed by atoms with E-state index in [0.29, 0.717) is 11.2 Å². The summed E-state index contributed by atoms with van der Waals surface area (Å²) in [6.45, 7) is 0. The van der Waals surface area contributed by atoms with Gasteiger partial charge in [0.2, 0.25) is 11.7 Å². The summed E-state index contributed by atoms with van der Waals surface area (Å²) in [4.78, 5) is 16.2. The molecule has 0 atom stereocenters. The lowest BCUT2D eigenvalue weighted by Gasteiger charge is -2.14. The summed E-state index contributed by atoms with van der Waals surface area (Å²) < 4.78 is 35.2. The monoisotopic (exact) mass is 449 g/mol. The Kier molecular flexibility index (Phi) is 4.06. The third kappa shape index (κ3) is 3.30. The van der Waals surface area contributed by atoms with Crippen molar-refractivity contribution in [1.82, 2.24) is 39.0 Å². The van der Waals surface area contributed by atoms with Crippen LogP contribution >= 0.6 is 0 Å². The van der Waals surface area contributed by atoms with E-state index in [4.69, 9.17) is 0 Å². The molecule has 166 valence electrons. The highest BCUT2D eigenvalue weighted by molar-refractivity contribution is 5.93. The van der Waals surface area contributed by atoms with Gasteiger partial charge in [-0.15, -0.1) is 10.2 Å². The first-order chi connectivity index (χ1) is 15.9. The van der Waals surface area contributed by atoms with Crippen LogP contribution in [0.25, 0.3) is 22.4 Å². The van der Waals surface area contributed by atoms with Crippen LogP contribution in [0.15, 0.2) is 49.1 Å². The van der Waals surface area contributed by atoms with Crippen molar-refractivity contribution in [2.24, 2.45) is 13.0 Å². The Balaban J connectivity index is 1.38. The topological polar surface area (TPSA) is 107 Å². The maximum Gasteiger partial charge on any atom is 0.350 e. The molecule has 5 aromatic heterocycles. The number of hydrogen-bond donors (Lipinski definition) is 1. The van der Waals surface area contributed by atoms with E-state index in [1.54, 1.807) is 42.5 Å². The molecule has 0 aromatic carbocycles. The Labute approximate surface area is 184 Å². The molecule has 12 heteroatoms. The van der Waals surface area contributed by atoms with E-state index in [1.165, 1.54) is 27.2 Å². The van der Waals surface area contributed by atoms with Crippen LogP contribution in [-0.2, 0) is 17.8 Å². The molecule has 5 heterocycles. The number of carbonyl (C=O) groups excluding carboxylic acids is 1. The van der Waals surface area contributed by atoms with Crippen molar-refractivity contribution in [2.75, 3.05) is 5.32 Å². The van der Waals surface area contributed by atoms with E-state index < -0.39 is 17.4 Å². The van der Waals surface area contributed by atoms with Gasteiger partial charge < -0.3 is 5.32 Å². The number of nitrogens with one attached hydrogen (secondary N) is 1. The Morgan fingerprint density at radius 2 is 1.88 bits per heavy atom. The Bertz CT molecular complexity index is 1530. The van der Waals surface area contributed by atoms with Crippen molar-refractivity contribution in [1.29, 1.82) is 0 Å². The lowest BCUT2D eigenvalue weighted by Crippen LogP contribution is -2.22. The third-order valence-electron chi connectivity index (χ3n) is 5.56. The minimum Gasteiger partial charge on any atom is -0.309 e. The molecule has 1 aliphatic carbocycles. The fraction of sp³-hybridized carbons (Fsp3) is 0.238. The Hall–Kier alpha value is -4.22. The van der Waals surface area contributed by atoms with Crippen LogP contribution in [-0.4, -0.2) is 44.9 Å². The van der Waals surface area contributed by atoms with Crippen LogP contribution in [0.5, 0.6) is 0 Å². The molecule has 6 rings (SSSR count). The number of aromatic nitrogens is 8. The maximum absolute atomic E-state index is 15.5. The molecule has 0 spiro atoms. The summed E-state index contributed by atoms with van der Waals surface area (Å²) >= 11 is 0. The highest BCUT2D eigenvalue weighted by atomic mass is 19.3. The molecule has 1 saturated carbocycles. The fourth-order valence-electron chi connectivity index (χ4n) is 3.64. The van der Waals surface area contributed by atoms with Crippen LogP contribution in [0.4, 0.5) is 14.6 Å². The van der Waals surface area contributed by atoms with Gasteiger partial charge in [0.15, 0.2) is 17.1 Å². The predicted octanol–water partition coefficient (Wildman–Crippen LogP) is 2.66. The van der Waals surface area contributed by atoms with E-state index >= 15 is 8.78 Å². The summed E-state index contributed by atoms with van der Waals surface area (Å²) in [5.41, 5.74) is 1.58. The lowest BCUT2D eigenvalue weighted by molar-refractivity contribution is -0.117. The minimum absolute atomic E-state index is 0.000412. The van der Waals surface area contributed by atoms with Gasteiger partial charge in [-0.3, -0.25) is 13.9 Å². The SMILES string of the molecule is Cn1cc(-c2ccc3nnc(C(F)(F)c4ccc5nc(NC(=O)C6CC6)cn5n4)n3c2)cn1. The van der Waals surface area contributed by atoms with Crippen molar-refractivity contribution >= 4 is 23.0 Å². The van der Waals surface area contributed by atoms with Gasteiger partial charge in [0.25, 0.3) is 0 Å².